The molecule has 3 aromatic rings. The van der Waals surface area contributed by atoms with Crippen molar-refractivity contribution < 1.29 is 23.5 Å². The van der Waals surface area contributed by atoms with E-state index >= 15 is 0 Å². The summed E-state index contributed by atoms with van der Waals surface area (Å²) < 4.78 is 19.0. The first-order chi connectivity index (χ1) is 15.8. The van der Waals surface area contributed by atoms with Crippen molar-refractivity contribution in [2.75, 3.05) is 4.90 Å². The summed E-state index contributed by atoms with van der Waals surface area (Å²) in [5.41, 5.74) is 2.12. The van der Waals surface area contributed by atoms with E-state index in [1.54, 1.807) is 42.5 Å². The van der Waals surface area contributed by atoms with Crippen molar-refractivity contribution in [3.63, 3.8) is 0 Å². The topological polar surface area (TPSA) is 75.7 Å². The maximum absolute atomic E-state index is 13.3. The number of nitrogens with zero attached hydrogens (tertiary/aromatic N) is 1. The van der Waals surface area contributed by atoms with Crippen LogP contribution >= 0.6 is 11.6 Å². The fourth-order valence-electron chi connectivity index (χ4n) is 3.34. The quantitative estimate of drug-likeness (QED) is 0.424. The van der Waals surface area contributed by atoms with Crippen LogP contribution in [0.5, 0.6) is 5.75 Å². The Labute approximate surface area is 194 Å². The van der Waals surface area contributed by atoms with E-state index in [2.05, 4.69) is 5.32 Å². The van der Waals surface area contributed by atoms with Gasteiger partial charge in [-0.05, 0) is 66.1 Å². The predicted octanol–water partition coefficient (Wildman–Crippen LogP) is 5.03. The number of amides is 4. The minimum absolute atomic E-state index is 0.117. The summed E-state index contributed by atoms with van der Waals surface area (Å²) >= 11 is 6.30. The van der Waals surface area contributed by atoms with Crippen molar-refractivity contribution >= 4 is 41.2 Å². The molecule has 0 atom stereocenters. The molecule has 8 heteroatoms. The molecule has 6 nitrogen and oxygen atoms in total. The molecule has 1 aliphatic rings. The monoisotopic (exact) mass is 464 g/mol. The van der Waals surface area contributed by atoms with Crippen LogP contribution in [0.3, 0.4) is 0 Å². The molecule has 1 N–H and O–H groups in total. The standard InChI is InChI=1S/C25H18ClFN2O4/c1-15-4-2-7-19(10-15)29-24(31)20(23(30)28-25(29)32)12-16-8-9-22(21(26)13-16)33-14-17-5-3-6-18(27)11-17/h2-13H,14H2,1H3,(H,28,30,32)/b20-12+. The Balaban J connectivity index is 1.57. The number of anilines is 1. The molecule has 1 heterocycles. The van der Waals surface area contributed by atoms with Crippen LogP contribution in [0.15, 0.2) is 72.3 Å². The Morgan fingerprint density at radius 2 is 1.82 bits per heavy atom. The molecule has 1 fully saturated rings. The van der Waals surface area contributed by atoms with Crippen LogP contribution in [0.25, 0.3) is 6.08 Å². The van der Waals surface area contributed by atoms with Gasteiger partial charge in [0.05, 0.1) is 10.7 Å². The number of hydrogen-bond acceptors (Lipinski definition) is 4. The molecule has 0 spiro atoms. The lowest BCUT2D eigenvalue weighted by Crippen LogP contribution is -2.54. The van der Waals surface area contributed by atoms with Gasteiger partial charge < -0.3 is 4.74 Å². The van der Waals surface area contributed by atoms with Gasteiger partial charge in [0.2, 0.25) is 0 Å². The smallest absolute Gasteiger partial charge is 0.335 e. The molecule has 4 amide bonds. The highest BCUT2D eigenvalue weighted by Crippen LogP contribution is 2.28. The second-order valence-corrected chi connectivity index (χ2v) is 7.81. The first-order valence-electron chi connectivity index (χ1n) is 9.97. The van der Waals surface area contributed by atoms with Crippen LogP contribution in [-0.4, -0.2) is 17.8 Å². The second-order valence-electron chi connectivity index (χ2n) is 7.41. The van der Waals surface area contributed by atoms with Gasteiger partial charge in [-0.3, -0.25) is 14.9 Å². The Kier molecular flexibility index (Phi) is 6.24. The average Bonchev–Trinajstić information content (AvgIpc) is 2.76. The fourth-order valence-corrected chi connectivity index (χ4v) is 3.58. The molecule has 0 aliphatic carbocycles. The molecule has 33 heavy (non-hydrogen) atoms. The summed E-state index contributed by atoms with van der Waals surface area (Å²) in [6, 6.07) is 16.8. The molecule has 0 unspecified atom stereocenters. The molecule has 0 radical (unpaired) electrons. The third-order valence-electron chi connectivity index (χ3n) is 4.91. The normalized spacial score (nSPS) is 15.1. The summed E-state index contributed by atoms with van der Waals surface area (Å²) in [7, 11) is 0. The van der Waals surface area contributed by atoms with E-state index in [0.29, 0.717) is 22.6 Å². The molecule has 0 aromatic heterocycles. The summed E-state index contributed by atoms with van der Waals surface area (Å²) in [5, 5.41) is 2.43. The number of carbonyl (C=O) groups is 3. The summed E-state index contributed by atoms with van der Waals surface area (Å²) in [6.07, 6.45) is 1.36. The van der Waals surface area contributed by atoms with Crippen molar-refractivity contribution in [2.24, 2.45) is 0 Å². The molecule has 0 bridgehead atoms. The van der Waals surface area contributed by atoms with Crippen LogP contribution in [0.2, 0.25) is 5.02 Å². The molecule has 1 aliphatic heterocycles. The highest BCUT2D eigenvalue weighted by atomic mass is 35.5. The third-order valence-corrected chi connectivity index (χ3v) is 5.21. The number of halogens is 2. The summed E-state index contributed by atoms with van der Waals surface area (Å²) in [5.74, 6) is -1.54. The van der Waals surface area contributed by atoms with Gasteiger partial charge in [-0.2, -0.15) is 0 Å². The number of aryl methyl sites for hydroxylation is 1. The highest BCUT2D eigenvalue weighted by Gasteiger charge is 2.36. The lowest BCUT2D eigenvalue weighted by atomic mass is 10.1. The van der Waals surface area contributed by atoms with Crippen LogP contribution in [0, 0.1) is 12.7 Å². The van der Waals surface area contributed by atoms with E-state index in [4.69, 9.17) is 16.3 Å². The lowest BCUT2D eigenvalue weighted by molar-refractivity contribution is -0.122. The number of nitrogens with one attached hydrogen (secondary N) is 1. The van der Waals surface area contributed by atoms with Crippen molar-refractivity contribution in [1.82, 2.24) is 5.32 Å². The molecule has 166 valence electrons. The number of benzene rings is 3. The predicted molar refractivity (Wildman–Crippen MR) is 122 cm³/mol. The molecular weight excluding hydrogens is 447 g/mol. The van der Waals surface area contributed by atoms with Gasteiger partial charge >= 0.3 is 6.03 Å². The Morgan fingerprint density at radius 1 is 1.03 bits per heavy atom. The Morgan fingerprint density at radius 3 is 2.55 bits per heavy atom. The first-order valence-corrected chi connectivity index (χ1v) is 10.3. The van der Waals surface area contributed by atoms with Crippen molar-refractivity contribution in [1.29, 1.82) is 0 Å². The number of ether oxygens (including phenoxy) is 1. The number of carbonyl (C=O) groups excluding carboxylic acids is 3. The fraction of sp³-hybridized carbons (Fsp3) is 0.0800. The van der Waals surface area contributed by atoms with Crippen LogP contribution in [0.4, 0.5) is 14.9 Å². The van der Waals surface area contributed by atoms with E-state index in [-0.39, 0.29) is 23.0 Å². The minimum Gasteiger partial charge on any atom is -0.487 e. The molecule has 4 rings (SSSR count). The number of barbiturate groups is 1. The van der Waals surface area contributed by atoms with Gasteiger partial charge in [0.25, 0.3) is 11.8 Å². The van der Waals surface area contributed by atoms with Gasteiger partial charge in [-0.25, -0.2) is 14.1 Å². The zero-order valence-electron chi connectivity index (χ0n) is 17.5. The van der Waals surface area contributed by atoms with Gasteiger partial charge in [0, 0.05) is 0 Å². The van der Waals surface area contributed by atoms with E-state index < -0.39 is 17.8 Å². The third kappa shape index (κ3) is 4.94. The number of rotatable bonds is 5. The van der Waals surface area contributed by atoms with Gasteiger partial charge in [0.15, 0.2) is 0 Å². The molecular formula is C25H18ClFN2O4. The van der Waals surface area contributed by atoms with E-state index in [1.807, 2.05) is 13.0 Å². The summed E-state index contributed by atoms with van der Waals surface area (Å²) in [4.78, 5) is 38.6. The van der Waals surface area contributed by atoms with E-state index in [0.717, 1.165) is 10.5 Å². The minimum atomic E-state index is -0.813. The SMILES string of the molecule is Cc1cccc(N2C(=O)NC(=O)/C(=C\c3ccc(OCc4cccc(F)c4)c(Cl)c3)C2=O)c1. The van der Waals surface area contributed by atoms with Crippen molar-refractivity contribution in [3.8, 4) is 5.75 Å². The Hall–Kier alpha value is -3.97. The Bertz CT molecular complexity index is 1310. The van der Waals surface area contributed by atoms with Crippen molar-refractivity contribution in [3.05, 3.63) is 99.8 Å². The first kappa shape index (κ1) is 22.2. The zero-order chi connectivity index (χ0) is 23.5. The van der Waals surface area contributed by atoms with Gasteiger partial charge in [-0.15, -0.1) is 0 Å². The molecule has 1 saturated heterocycles. The average molecular weight is 465 g/mol. The summed E-state index contributed by atoms with van der Waals surface area (Å²) in [6.45, 7) is 1.95. The van der Waals surface area contributed by atoms with Crippen LogP contribution in [0.1, 0.15) is 16.7 Å². The van der Waals surface area contributed by atoms with Crippen LogP contribution < -0.4 is 15.0 Å². The second kappa shape index (κ2) is 9.26. The number of hydrogen-bond donors (Lipinski definition) is 1. The van der Waals surface area contributed by atoms with Gasteiger partial charge in [-0.1, -0.05) is 41.9 Å². The van der Waals surface area contributed by atoms with E-state index in [9.17, 15) is 18.8 Å². The van der Waals surface area contributed by atoms with E-state index in [1.165, 1.54) is 24.3 Å². The highest BCUT2D eigenvalue weighted by molar-refractivity contribution is 6.39. The zero-order valence-corrected chi connectivity index (χ0v) is 18.2. The van der Waals surface area contributed by atoms with Crippen molar-refractivity contribution in [2.45, 2.75) is 13.5 Å². The largest absolute Gasteiger partial charge is 0.487 e. The molecule has 0 saturated carbocycles. The lowest BCUT2D eigenvalue weighted by Gasteiger charge is -2.26. The maximum Gasteiger partial charge on any atom is 0.335 e. The molecule has 3 aromatic carbocycles. The maximum atomic E-state index is 13.3. The number of imide groups is 2. The van der Waals surface area contributed by atoms with Crippen LogP contribution in [-0.2, 0) is 16.2 Å². The van der Waals surface area contributed by atoms with Gasteiger partial charge in [0.1, 0.15) is 23.7 Å². The number of urea groups is 1.